The Morgan fingerprint density at radius 3 is 2.74 bits per heavy atom. The first-order chi connectivity index (χ1) is 9.36. The van der Waals surface area contributed by atoms with Gasteiger partial charge < -0.3 is 9.94 Å². The molecule has 19 heavy (non-hydrogen) atoms. The number of benzene rings is 2. The largest absolute Gasteiger partial charge is 0.493 e. The quantitative estimate of drug-likeness (QED) is 0.829. The number of hydrogen-bond donors (Lipinski definition) is 2. The SMILES string of the molecule is ONCC1COc2ccc(-c3ccccc3)cc2C1. The van der Waals surface area contributed by atoms with Crippen molar-refractivity contribution in [3.8, 4) is 16.9 Å². The minimum Gasteiger partial charge on any atom is -0.493 e. The minimum absolute atomic E-state index is 0.323. The number of hydrogen-bond acceptors (Lipinski definition) is 3. The van der Waals surface area contributed by atoms with Crippen LogP contribution in [0, 0.1) is 5.92 Å². The van der Waals surface area contributed by atoms with Crippen LogP contribution in [0.25, 0.3) is 11.1 Å². The van der Waals surface area contributed by atoms with Gasteiger partial charge in [-0.25, -0.2) is 5.48 Å². The standard InChI is InChI=1S/C16H17NO2/c18-17-10-12-8-15-9-14(6-7-16(15)19-11-12)13-4-2-1-3-5-13/h1-7,9,12,17-18H,8,10-11H2. The van der Waals surface area contributed by atoms with Crippen LogP contribution in [-0.2, 0) is 6.42 Å². The van der Waals surface area contributed by atoms with Gasteiger partial charge in [-0.3, -0.25) is 0 Å². The summed E-state index contributed by atoms with van der Waals surface area (Å²) in [7, 11) is 0. The molecule has 0 spiro atoms. The van der Waals surface area contributed by atoms with Crippen LogP contribution in [0.15, 0.2) is 48.5 Å². The Morgan fingerprint density at radius 1 is 1.11 bits per heavy atom. The van der Waals surface area contributed by atoms with Crippen LogP contribution in [0.3, 0.4) is 0 Å². The third-order valence-corrected chi connectivity index (χ3v) is 3.53. The fraction of sp³-hybridized carbons (Fsp3) is 0.250. The van der Waals surface area contributed by atoms with Crippen LogP contribution in [-0.4, -0.2) is 18.4 Å². The normalized spacial score (nSPS) is 17.6. The summed E-state index contributed by atoms with van der Waals surface area (Å²) >= 11 is 0. The maximum atomic E-state index is 8.79. The van der Waals surface area contributed by atoms with E-state index in [0.29, 0.717) is 19.1 Å². The number of ether oxygens (including phenoxy) is 1. The highest BCUT2D eigenvalue weighted by Crippen LogP contribution is 2.31. The molecule has 0 aromatic heterocycles. The molecule has 3 nitrogen and oxygen atoms in total. The van der Waals surface area contributed by atoms with E-state index in [1.165, 1.54) is 16.7 Å². The van der Waals surface area contributed by atoms with Gasteiger partial charge in [0.25, 0.3) is 0 Å². The number of nitrogens with one attached hydrogen (secondary N) is 1. The summed E-state index contributed by atoms with van der Waals surface area (Å²) in [6.07, 6.45) is 0.934. The van der Waals surface area contributed by atoms with E-state index in [0.717, 1.165) is 12.2 Å². The lowest BCUT2D eigenvalue weighted by atomic mass is 9.94. The first-order valence-corrected chi connectivity index (χ1v) is 6.55. The van der Waals surface area contributed by atoms with Gasteiger partial charge in [-0.05, 0) is 35.2 Å². The van der Waals surface area contributed by atoms with E-state index in [4.69, 9.17) is 9.94 Å². The number of fused-ring (bicyclic) bond motifs is 1. The second-order valence-corrected chi connectivity index (χ2v) is 4.93. The van der Waals surface area contributed by atoms with Gasteiger partial charge in [0, 0.05) is 12.5 Å². The summed E-state index contributed by atoms with van der Waals surface area (Å²) in [6, 6.07) is 16.7. The van der Waals surface area contributed by atoms with Crippen molar-refractivity contribution in [2.75, 3.05) is 13.2 Å². The minimum atomic E-state index is 0.323. The molecule has 0 saturated heterocycles. The van der Waals surface area contributed by atoms with E-state index in [9.17, 15) is 0 Å². The summed E-state index contributed by atoms with van der Waals surface area (Å²) in [5, 5.41) is 8.79. The average Bonchev–Trinajstić information content (AvgIpc) is 2.48. The highest BCUT2D eigenvalue weighted by molar-refractivity contribution is 5.65. The van der Waals surface area contributed by atoms with E-state index >= 15 is 0 Å². The van der Waals surface area contributed by atoms with Crippen molar-refractivity contribution >= 4 is 0 Å². The molecule has 1 heterocycles. The predicted octanol–water partition coefficient (Wildman–Crippen LogP) is 2.88. The molecule has 2 aromatic rings. The van der Waals surface area contributed by atoms with Gasteiger partial charge >= 0.3 is 0 Å². The molecule has 2 N–H and O–H groups in total. The van der Waals surface area contributed by atoms with E-state index in [-0.39, 0.29) is 0 Å². The monoisotopic (exact) mass is 255 g/mol. The van der Waals surface area contributed by atoms with Gasteiger partial charge in [0.15, 0.2) is 0 Å². The molecule has 0 aliphatic carbocycles. The van der Waals surface area contributed by atoms with E-state index in [2.05, 4.69) is 29.7 Å². The van der Waals surface area contributed by atoms with E-state index in [1.54, 1.807) is 0 Å². The van der Waals surface area contributed by atoms with Gasteiger partial charge in [0.05, 0.1) is 6.61 Å². The first-order valence-electron chi connectivity index (χ1n) is 6.55. The number of rotatable bonds is 3. The van der Waals surface area contributed by atoms with Crippen LogP contribution >= 0.6 is 0 Å². The maximum Gasteiger partial charge on any atom is 0.122 e. The fourth-order valence-corrected chi connectivity index (χ4v) is 2.53. The van der Waals surface area contributed by atoms with Crippen molar-refractivity contribution in [1.82, 2.24) is 5.48 Å². The predicted molar refractivity (Wildman–Crippen MR) is 74.4 cm³/mol. The highest BCUT2D eigenvalue weighted by Gasteiger charge is 2.19. The topological polar surface area (TPSA) is 41.5 Å². The van der Waals surface area contributed by atoms with E-state index < -0.39 is 0 Å². The maximum absolute atomic E-state index is 8.79. The zero-order valence-electron chi connectivity index (χ0n) is 10.7. The Labute approximate surface area is 112 Å². The smallest absolute Gasteiger partial charge is 0.122 e. The zero-order chi connectivity index (χ0) is 13.1. The van der Waals surface area contributed by atoms with Crippen molar-refractivity contribution in [2.45, 2.75) is 6.42 Å². The summed E-state index contributed by atoms with van der Waals surface area (Å²) in [5.41, 5.74) is 5.87. The second-order valence-electron chi connectivity index (χ2n) is 4.93. The molecule has 98 valence electrons. The van der Waals surface area contributed by atoms with Crippen molar-refractivity contribution in [2.24, 2.45) is 5.92 Å². The fourth-order valence-electron chi connectivity index (χ4n) is 2.53. The van der Waals surface area contributed by atoms with Crippen molar-refractivity contribution in [3.05, 3.63) is 54.1 Å². The first kappa shape index (κ1) is 12.2. The molecule has 0 bridgehead atoms. The van der Waals surface area contributed by atoms with Crippen molar-refractivity contribution < 1.29 is 9.94 Å². The summed E-state index contributed by atoms with van der Waals surface area (Å²) in [4.78, 5) is 0. The van der Waals surface area contributed by atoms with Gasteiger partial charge in [-0.1, -0.05) is 36.4 Å². The number of hydroxylamine groups is 1. The summed E-state index contributed by atoms with van der Waals surface area (Å²) in [5.74, 6) is 1.29. The molecule has 0 saturated carbocycles. The average molecular weight is 255 g/mol. The lowest BCUT2D eigenvalue weighted by molar-refractivity contribution is 0.123. The van der Waals surface area contributed by atoms with Crippen LogP contribution in [0.2, 0.25) is 0 Å². The summed E-state index contributed by atoms with van der Waals surface area (Å²) in [6.45, 7) is 1.22. The molecule has 0 radical (unpaired) electrons. The molecule has 0 amide bonds. The Morgan fingerprint density at radius 2 is 1.95 bits per heavy atom. The Bertz CT molecular complexity index is 554. The van der Waals surface area contributed by atoms with Crippen molar-refractivity contribution in [3.63, 3.8) is 0 Å². The highest BCUT2D eigenvalue weighted by atomic mass is 16.5. The molecule has 1 aliphatic rings. The Kier molecular flexibility index (Phi) is 3.49. The molecule has 2 aromatic carbocycles. The van der Waals surface area contributed by atoms with Crippen LogP contribution in [0.5, 0.6) is 5.75 Å². The van der Waals surface area contributed by atoms with Crippen LogP contribution in [0.4, 0.5) is 0 Å². The lowest BCUT2D eigenvalue weighted by Gasteiger charge is -2.25. The lowest BCUT2D eigenvalue weighted by Crippen LogP contribution is -2.29. The second kappa shape index (κ2) is 5.43. The molecule has 1 aliphatic heterocycles. The molecular weight excluding hydrogens is 238 g/mol. The molecule has 1 unspecified atom stereocenters. The van der Waals surface area contributed by atoms with Crippen LogP contribution < -0.4 is 10.2 Å². The van der Waals surface area contributed by atoms with Crippen molar-refractivity contribution in [1.29, 1.82) is 0 Å². The van der Waals surface area contributed by atoms with E-state index in [1.807, 2.05) is 24.3 Å². The molecule has 3 heteroatoms. The molecular formula is C16H17NO2. The summed E-state index contributed by atoms with van der Waals surface area (Å²) < 4.78 is 5.73. The van der Waals surface area contributed by atoms with Gasteiger partial charge in [-0.15, -0.1) is 0 Å². The third-order valence-electron chi connectivity index (χ3n) is 3.53. The van der Waals surface area contributed by atoms with Gasteiger partial charge in [0.1, 0.15) is 5.75 Å². The molecule has 1 atom stereocenters. The molecule has 0 fully saturated rings. The molecule has 3 rings (SSSR count). The van der Waals surface area contributed by atoms with Gasteiger partial charge in [-0.2, -0.15) is 0 Å². The zero-order valence-corrected chi connectivity index (χ0v) is 10.7. The van der Waals surface area contributed by atoms with Crippen LogP contribution in [0.1, 0.15) is 5.56 Å². The Hall–Kier alpha value is -1.84. The third kappa shape index (κ3) is 2.62. The van der Waals surface area contributed by atoms with Gasteiger partial charge in [0.2, 0.25) is 0 Å². The Balaban J connectivity index is 1.89.